The molecule has 6 rings (SSSR count). The smallest absolute Gasteiger partial charge is 0.154 e. The van der Waals surface area contributed by atoms with Gasteiger partial charge in [0.25, 0.3) is 0 Å². The number of aliphatic hydroxyl groups excluding tert-OH is 1. The minimum atomic E-state index is -0.687. The number of nitrogens with zero attached hydrogens (tertiary/aromatic N) is 6. The largest absolute Gasteiger partial charge is 0.462 e. The second-order valence-corrected chi connectivity index (χ2v) is 9.55. The van der Waals surface area contributed by atoms with Gasteiger partial charge in [-0.25, -0.2) is 18.4 Å². The first kappa shape index (κ1) is 25.2. The highest BCUT2D eigenvalue weighted by molar-refractivity contribution is 6.04. The van der Waals surface area contributed by atoms with Crippen LogP contribution in [0.2, 0.25) is 0 Å². The van der Waals surface area contributed by atoms with Crippen LogP contribution in [-0.2, 0) is 7.05 Å². The molecule has 0 spiro atoms. The van der Waals surface area contributed by atoms with Crippen molar-refractivity contribution >= 4 is 27.6 Å². The minimum absolute atomic E-state index is 0.126. The zero-order chi connectivity index (χ0) is 27.0. The lowest BCUT2D eigenvalue weighted by Gasteiger charge is -2.34. The molecule has 4 heterocycles. The Balaban J connectivity index is 0.000000937. The number of anilines is 1. The summed E-state index contributed by atoms with van der Waals surface area (Å²) in [7, 11) is 1.69. The zero-order valence-electron chi connectivity index (χ0n) is 21.5. The first-order valence-electron chi connectivity index (χ1n) is 12.5. The maximum atomic E-state index is 15.3. The van der Waals surface area contributed by atoms with Crippen molar-refractivity contribution in [2.75, 3.05) is 11.4 Å². The molecule has 0 amide bonds. The van der Waals surface area contributed by atoms with Gasteiger partial charge >= 0.3 is 0 Å². The van der Waals surface area contributed by atoms with Gasteiger partial charge in [-0.05, 0) is 50.8 Å². The summed E-state index contributed by atoms with van der Waals surface area (Å²) in [6, 6.07) is 11.2. The predicted octanol–water partition coefficient (Wildman–Crippen LogP) is 5.89. The van der Waals surface area contributed by atoms with E-state index in [4.69, 9.17) is 15.2 Å². The van der Waals surface area contributed by atoms with Crippen molar-refractivity contribution in [3.05, 3.63) is 66.0 Å². The van der Waals surface area contributed by atoms with Crippen molar-refractivity contribution in [3.8, 4) is 29.5 Å². The van der Waals surface area contributed by atoms with Crippen molar-refractivity contribution < 1.29 is 13.9 Å². The fourth-order valence-corrected chi connectivity index (χ4v) is 5.29. The summed E-state index contributed by atoms with van der Waals surface area (Å²) >= 11 is 0. The molecule has 0 radical (unpaired) electrons. The van der Waals surface area contributed by atoms with E-state index in [1.807, 2.05) is 43.5 Å². The Kier molecular flexibility index (Phi) is 6.72. The van der Waals surface area contributed by atoms with Crippen molar-refractivity contribution in [3.63, 3.8) is 0 Å². The molecule has 3 aromatic heterocycles. The van der Waals surface area contributed by atoms with E-state index in [0.717, 1.165) is 40.6 Å². The third-order valence-corrected chi connectivity index (χ3v) is 7.03. The topological polar surface area (TPSA) is 72.0 Å². The highest BCUT2D eigenvalue weighted by Gasteiger charge is 2.24. The van der Waals surface area contributed by atoms with Crippen molar-refractivity contribution in [1.82, 2.24) is 24.5 Å². The number of terminal acetylenes is 1. The summed E-state index contributed by atoms with van der Waals surface area (Å²) in [4.78, 5) is 7.10. The quantitative estimate of drug-likeness (QED) is 0.304. The average Bonchev–Trinajstić information content (AvgIpc) is 3.47. The van der Waals surface area contributed by atoms with E-state index >= 15 is 4.39 Å². The number of benzene rings is 2. The van der Waals surface area contributed by atoms with Gasteiger partial charge in [0.15, 0.2) is 5.82 Å². The lowest BCUT2D eigenvalue weighted by atomic mass is 10.0. The van der Waals surface area contributed by atoms with Gasteiger partial charge in [0.2, 0.25) is 0 Å². The first-order valence-corrected chi connectivity index (χ1v) is 12.5. The van der Waals surface area contributed by atoms with Crippen molar-refractivity contribution in [2.24, 2.45) is 7.05 Å². The van der Waals surface area contributed by atoms with Gasteiger partial charge in [0.05, 0.1) is 17.4 Å². The van der Waals surface area contributed by atoms with E-state index in [0.29, 0.717) is 17.1 Å². The third-order valence-electron chi connectivity index (χ3n) is 7.03. The number of piperidine rings is 1. The molecule has 1 saturated heterocycles. The van der Waals surface area contributed by atoms with Crippen LogP contribution in [0.4, 0.5) is 14.6 Å². The van der Waals surface area contributed by atoms with Gasteiger partial charge in [0.1, 0.15) is 29.0 Å². The molecule has 1 N–H and O–H groups in total. The van der Waals surface area contributed by atoms with Crippen LogP contribution in [0.1, 0.15) is 31.7 Å². The second-order valence-electron chi connectivity index (χ2n) is 9.55. The predicted molar refractivity (Wildman–Crippen MR) is 145 cm³/mol. The SMILES string of the molecule is C#CO.Cc1cccc2c(-c3c(F)cc(F)c4nn(C)cc34)nn(-c3ccc(N4CCCC[C@H]4C)nc3)c12. The maximum absolute atomic E-state index is 15.3. The van der Waals surface area contributed by atoms with E-state index in [-0.39, 0.29) is 11.1 Å². The molecule has 1 atom stereocenters. The van der Waals surface area contributed by atoms with Crippen LogP contribution in [0.3, 0.4) is 0 Å². The van der Waals surface area contributed by atoms with Crippen LogP contribution in [0.25, 0.3) is 38.8 Å². The normalized spacial score (nSPS) is 15.4. The lowest BCUT2D eigenvalue weighted by Crippen LogP contribution is -2.37. The Morgan fingerprint density at radius 2 is 1.87 bits per heavy atom. The Morgan fingerprint density at radius 3 is 2.58 bits per heavy atom. The Bertz CT molecular complexity index is 1670. The number of pyridine rings is 1. The van der Waals surface area contributed by atoms with Gasteiger partial charge in [0, 0.05) is 48.2 Å². The molecule has 0 saturated carbocycles. The van der Waals surface area contributed by atoms with Crippen LogP contribution < -0.4 is 4.90 Å². The minimum Gasteiger partial charge on any atom is -0.462 e. The number of aromatic nitrogens is 5. The molecule has 194 valence electrons. The number of halogens is 2. The van der Waals surface area contributed by atoms with Gasteiger partial charge in [-0.2, -0.15) is 10.2 Å². The Labute approximate surface area is 219 Å². The molecule has 1 aliphatic rings. The summed E-state index contributed by atoms with van der Waals surface area (Å²) in [5.74, 6) is -0.395. The van der Waals surface area contributed by atoms with Gasteiger partial charge in [-0.15, -0.1) is 0 Å². The number of aliphatic hydroxyl groups is 1. The fraction of sp³-hybridized carbons (Fsp3) is 0.276. The Morgan fingerprint density at radius 1 is 1.08 bits per heavy atom. The molecule has 1 aliphatic heterocycles. The van der Waals surface area contributed by atoms with E-state index in [1.54, 1.807) is 17.9 Å². The summed E-state index contributed by atoms with van der Waals surface area (Å²) in [5, 5.41) is 17.3. The Hall–Kier alpha value is -4.45. The number of hydrogen-bond donors (Lipinski definition) is 1. The molecule has 1 fully saturated rings. The third kappa shape index (κ3) is 4.32. The summed E-state index contributed by atoms with van der Waals surface area (Å²) in [5.41, 5.74) is 3.47. The van der Waals surface area contributed by atoms with Gasteiger partial charge in [-0.1, -0.05) is 24.6 Å². The highest BCUT2D eigenvalue weighted by Crippen LogP contribution is 2.38. The molecule has 0 bridgehead atoms. The molecular formula is C29H28F2N6O. The summed E-state index contributed by atoms with van der Waals surface area (Å²) in [6.45, 7) is 5.25. The van der Waals surface area contributed by atoms with Gasteiger partial charge in [-0.3, -0.25) is 4.68 Å². The molecule has 7 nitrogen and oxygen atoms in total. The molecule has 0 unspecified atom stereocenters. The molecule has 9 heteroatoms. The number of para-hydroxylation sites is 1. The molecule has 2 aromatic carbocycles. The van der Waals surface area contributed by atoms with Crippen molar-refractivity contribution in [1.29, 1.82) is 0 Å². The molecule has 0 aliphatic carbocycles. The number of hydrogen-bond acceptors (Lipinski definition) is 5. The van der Waals surface area contributed by atoms with Crippen LogP contribution in [0, 0.1) is 31.1 Å². The van der Waals surface area contributed by atoms with Crippen LogP contribution in [0.15, 0.2) is 48.8 Å². The highest BCUT2D eigenvalue weighted by atomic mass is 19.1. The molecule has 5 aromatic rings. The average molecular weight is 515 g/mol. The molecule has 38 heavy (non-hydrogen) atoms. The lowest BCUT2D eigenvalue weighted by molar-refractivity contribution is 0.481. The zero-order valence-corrected chi connectivity index (χ0v) is 21.5. The standard InChI is InChI=1S/C27H26F2N6.C2H2O/c1-16-7-6-9-19-26(24-20-15-33(3)31-25(20)22(29)13-21(24)28)32-35(27(16)19)18-10-11-23(30-14-18)34-12-5-4-8-17(34)2;1-2-3/h6-7,9-11,13-15,17H,4-5,8,12H2,1-3H3;1,3H/t17-;/m1./s1. The van der Waals surface area contributed by atoms with E-state index < -0.39 is 11.6 Å². The van der Waals surface area contributed by atoms with E-state index in [1.165, 1.54) is 30.1 Å². The van der Waals surface area contributed by atoms with Crippen LogP contribution >= 0.6 is 0 Å². The van der Waals surface area contributed by atoms with E-state index in [2.05, 4.69) is 23.3 Å². The maximum Gasteiger partial charge on any atom is 0.154 e. The summed E-state index contributed by atoms with van der Waals surface area (Å²) in [6.07, 6.45) is 12.4. The number of aryl methyl sites for hydroxylation is 2. The number of fused-ring (bicyclic) bond motifs is 2. The monoisotopic (exact) mass is 514 g/mol. The van der Waals surface area contributed by atoms with Crippen LogP contribution in [0.5, 0.6) is 0 Å². The second kappa shape index (κ2) is 10.1. The fourth-order valence-electron chi connectivity index (χ4n) is 5.29. The first-order chi connectivity index (χ1) is 18.3. The van der Waals surface area contributed by atoms with Gasteiger partial charge < -0.3 is 10.0 Å². The van der Waals surface area contributed by atoms with Crippen molar-refractivity contribution in [2.45, 2.75) is 39.2 Å². The summed E-state index contributed by atoms with van der Waals surface area (Å²) < 4.78 is 33.0. The molecular weight excluding hydrogens is 486 g/mol. The number of rotatable bonds is 3. The van der Waals surface area contributed by atoms with Crippen LogP contribution in [-0.4, -0.2) is 42.2 Å². The van der Waals surface area contributed by atoms with E-state index in [9.17, 15) is 4.39 Å².